The van der Waals surface area contributed by atoms with E-state index in [0.29, 0.717) is 12.5 Å². The minimum absolute atomic E-state index is 0.131. The van der Waals surface area contributed by atoms with Crippen LogP contribution in [0.4, 0.5) is 16.2 Å². The fraction of sp³-hybridized carbons (Fsp3) is 0.692. The van der Waals surface area contributed by atoms with Crippen LogP contribution in [0.1, 0.15) is 32.1 Å². The summed E-state index contributed by atoms with van der Waals surface area (Å²) in [4.78, 5) is 7.85. The number of anilines is 2. The zero-order chi connectivity index (χ0) is 13.7. The predicted molar refractivity (Wildman–Crippen MR) is 72.6 cm³/mol. The van der Waals surface area contributed by atoms with Gasteiger partial charge in [-0.1, -0.05) is 19.3 Å². The lowest BCUT2D eigenvalue weighted by atomic mass is 9.74. The molecular weight excluding hydrogens is 247 g/mol. The summed E-state index contributed by atoms with van der Waals surface area (Å²) in [6.07, 6.45) is 6.55. The molecule has 106 valence electrons. The van der Waals surface area contributed by atoms with Gasteiger partial charge in [-0.25, -0.2) is 9.37 Å². The Kier molecular flexibility index (Phi) is 4.52. The van der Waals surface area contributed by atoms with E-state index in [0.717, 1.165) is 31.9 Å². The van der Waals surface area contributed by atoms with E-state index in [9.17, 15) is 9.50 Å². The third-order valence-electron chi connectivity index (χ3n) is 3.85. The molecule has 0 aliphatic heterocycles. The van der Waals surface area contributed by atoms with E-state index in [1.165, 1.54) is 6.42 Å². The van der Waals surface area contributed by atoms with Crippen molar-refractivity contribution < 1.29 is 9.50 Å². The van der Waals surface area contributed by atoms with Gasteiger partial charge in [0.2, 0.25) is 5.95 Å². The van der Waals surface area contributed by atoms with Crippen LogP contribution in [0, 0.1) is 11.2 Å². The highest BCUT2D eigenvalue weighted by Crippen LogP contribution is 2.36. The molecule has 0 unspecified atom stereocenters. The van der Waals surface area contributed by atoms with Crippen molar-refractivity contribution in [2.75, 3.05) is 30.8 Å². The Hall–Kier alpha value is -1.43. The zero-order valence-electron chi connectivity index (χ0n) is 11.2. The van der Waals surface area contributed by atoms with Crippen LogP contribution >= 0.6 is 0 Å². The number of halogens is 1. The molecule has 0 radical (unpaired) electrons. The van der Waals surface area contributed by atoms with Gasteiger partial charge in [0.1, 0.15) is 0 Å². The van der Waals surface area contributed by atoms with Gasteiger partial charge in [0.05, 0.1) is 12.8 Å². The van der Waals surface area contributed by atoms with Crippen LogP contribution in [0.5, 0.6) is 0 Å². The number of rotatable bonds is 5. The van der Waals surface area contributed by atoms with Crippen LogP contribution in [0.2, 0.25) is 0 Å². The number of aliphatic hydroxyl groups is 1. The summed E-state index contributed by atoms with van der Waals surface area (Å²) in [5, 5.41) is 15.4. The van der Waals surface area contributed by atoms with Crippen molar-refractivity contribution in [3.05, 3.63) is 12.0 Å². The molecule has 1 aliphatic carbocycles. The van der Waals surface area contributed by atoms with Gasteiger partial charge < -0.3 is 15.7 Å². The van der Waals surface area contributed by atoms with Gasteiger partial charge in [-0.15, -0.1) is 0 Å². The van der Waals surface area contributed by atoms with Crippen molar-refractivity contribution in [3.63, 3.8) is 0 Å². The molecule has 1 fully saturated rings. The van der Waals surface area contributed by atoms with Crippen LogP contribution in [-0.2, 0) is 0 Å². The molecule has 5 nitrogen and oxygen atoms in total. The van der Waals surface area contributed by atoms with Gasteiger partial charge in [0.25, 0.3) is 0 Å². The Morgan fingerprint density at radius 3 is 2.74 bits per heavy atom. The number of aliphatic hydroxyl groups excluding tert-OH is 1. The Morgan fingerprint density at radius 2 is 2.11 bits per heavy atom. The molecule has 0 spiro atoms. The monoisotopic (exact) mass is 268 g/mol. The predicted octanol–water partition coefficient (Wildman–Crippen LogP) is 2.01. The quantitative estimate of drug-likeness (QED) is 0.762. The minimum atomic E-state index is -0.470. The third-order valence-corrected chi connectivity index (χ3v) is 3.85. The van der Waals surface area contributed by atoms with E-state index in [1.54, 1.807) is 7.05 Å². The Labute approximate surface area is 112 Å². The summed E-state index contributed by atoms with van der Waals surface area (Å²) in [6, 6.07) is 0. The minimum Gasteiger partial charge on any atom is -0.396 e. The fourth-order valence-electron chi connectivity index (χ4n) is 2.58. The van der Waals surface area contributed by atoms with Crippen molar-refractivity contribution in [2.24, 2.45) is 5.41 Å². The highest BCUT2D eigenvalue weighted by atomic mass is 19.1. The van der Waals surface area contributed by atoms with Crippen LogP contribution in [0.3, 0.4) is 0 Å². The van der Waals surface area contributed by atoms with E-state index in [2.05, 4.69) is 20.6 Å². The molecular formula is C13H21FN4O. The molecule has 19 heavy (non-hydrogen) atoms. The second-order valence-electron chi connectivity index (χ2n) is 5.21. The highest BCUT2D eigenvalue weighted by Gasteiger charge is 2.31. The number of hydrogen-bond donors (Lipinski definition) is 3. The van der Waals surface area contributed by atoms with Crippen LogP contribution in [0.15, 0.2) is 6.20 Å². The summed E-state index contributed by atoms with van der Waals surface area (Å²) < 4.78 is 13.6. The number of nitrogens with one attached hydrogen (secondary N) is 2. The Bertz CT molecular complexity index is 421. The van der Waals surface area contributed by atoms with Gasteiger partial charge in [-0.3, -0.25) is 0 Å². The Morgan fingerprint density at radius 1 is 1.37 bits per heavy atom. The Balaban J connectivity index is 2.04. The number of hydrogen-bond acceptors (Lipinski definition) is 5. The molecule has 1 aromatic rings. The van der Waals surface area contributed by atoms with Crippen molar-refractivity contribution in [2.45, 2.75) is 32.1 Å². The molecule has 1 aliphatic rings. The molecule has 0 amide bonds. The van der Waals surface area contributed by atoms with E-state index < -0.39 is 5.82 Å². The molecule has 0 aromatic carbocycles. The molecule has 2 rings (SSSR count). The fourth-order valence-corrected chi connectivity index (χ4v) is 2.58. The van der Waals surface area contributed by atoms with Crippen molar-refractivity contribution in [1.29, 1.82) is 0 Å². The summed E-state index contributed by atoms with van der Waals surface area (Å²) in [5.74, 6) is 0.103. The first kappa shape index (κ1) is 14.0. The lowest BCUT2D eigenvalue weighted by Crippen LogP contribution is -2.36. The van der Waals surface area contributed by atoms with E-state index in [4.69, 9.17) is 0 Å². The first-order valence-electron chi connectivity index (χ1n) is 6.74. The molecule has 1 saturated carbocycles. The standard InChI is InChI=1S/C13H21FN4O/c1-15-12-16-7-10(14)11(18-12)17-8-13(9-19)5-3-2-4-6-13/h7,19H,2-6,8-9H2,1H3,(H2,15,16,17,18). The van der Waals surface area contributed by atoms with Crippen LogP contribution in [0.25, 0.3) is 0 Å². The smallest absolute Gasteiger partial charge is 0.224 e. The van der Waals surface area contributed by atoms with Gasteiger partial charge in [-0.2, -0.15) is 4.98 Å². The van der Waals surface area contributed by atoms with E-state index in [-0.39, 0.29) is 17.8 Å². The average Bonchev–Trinajstić information content (AvgIpc) is 2.47. The lowest BCUT2D eigenvalue weighted by molar-refractivity contribution is 0.0942. The first-order chi connectivity index (χ1) is 9.19. The van der Waals surface area contributed by atoms with Gasteiger partial charge in [0, 0.05) is 19.0 Å². The molecule has 0 atom stereocenters. The van der Waals surface area contributed by atoms with Crippen molar-refractivity contribution in [1.82, 2.24) is 9.97 Å². The molecule has 0 saturated heterocycles. The number of aromatic nitrogens is 2. The second-order valence-corrected chi connectivity index (χ2v) is 5.21. The van der Waals surface area contributed by atoms with Crippen LogP contribution < -0.4 is 10.6 Å². The third kappa shape index (κ3) is 3.32. The largest absolute Gasteiger partial charge is 0.396 e. The molecule has 1 heterocycles. The highest BCUT2D eigenvalue weighted by molar-refractivity contribution is 5.41. The zero-order valence-corrected chi connectivity index (χ0v) is 11.2. The topological polar surface area (TPSA) is 70.1 Å². The van der Waals surface area contributed by atoms with E-state index >= 15 is 0 Å². The molecule has 1 aromatic heterocycles. The molecule has 6 heteroatoms. The summed E-state index contributed by atoms with van der Waals surface area (Å²) in [5.41, 5.74) is -0.143. The average molecular weight is 268 g/mol. The molecule has 0 bridgehead atoms. The van der Waals surface area contributed by atoms with Crippen molar-refractivity contribution in [3.8, 4) is 0 Å². The van der Waals surface area contributed by atoms with Crippen molar-refractivity contribution >= 4 is 11.8 Å². The molecule has 3 N–H and O–H groups in total. The maximum atomic E-state index is 13.6. The maximum Gasteiger partial charge on any atom is 0.224 e. The van der Waals surface area contributed by atoms with E-state index in [1.807, 2.05) is 0 Å². The number of nitrogens with zero attached hydrogens (tertiary/aromatic N) is 2. The normalized spacial score (nSPS) is 18.1. The summed E-state index contributed by atoms with van der Waals surface area (Å²) in [6.45, 7) is 0.673. The van der Waals surface area contributed by atoms with Gasteiger partial charge in [0.15, 0.2) is 11.6 Å². The van der Waals surface area contributed by atoms with Gasteiger partial charge in [-0.05, 0) is 12.8 Å². The van der Waals surface area contributed by atoms with Crippen LogP contribution in [-0.4, -0.2) is 35.3 Å². The lowest BCUT2D eigenvalue weighted by Gasteiger charge is -2.35. The summed E-state index contributed by atoms with van der Waals surface area (Å²) >= 11 is 0. The summed E-state index contributed by atoms with van der Waals surface area (Å²) in [7, 11) is 1.69. The maximum absolute atomic E-state index is 13.6. The van der Waals surface area contributed by atoms with Gasteiger partial charge >= 0.3 is 0 Å². The second kappa shape index (κ2) is 6.14. The SMILES string of the molecule is CNc1ncc(F)c(NCC2(CO)CCCCC2)n1. The first-order valence-corrected chi connectivity index (χ1v) is 6.74.